The van der Waals surface area contributed by atoms with Gasteiger partial charge in [0.2, 0.25) is 0 Å². The molecule has 0 aliphatic carbocycles. The molecule has 0 N–H and O–H groups in total. The van der Waals surface area contributed by atoms with Crippen molar-refractivity contribution in [3.63, 3.8) is 0 Å². The number of hydrogen-bond acceptors (Lipinski definition) is 3. The Hall–Kier alpha value is -1.13. The third-order valence-electron chi connectivity index (χ3n) is 3.47. The first-order valence-electron chi connectivity index (χ1n) is 7.09. The first kappa shape index (κ1) is 15.3. The Kier molecular flexibility index (Phi) is 5.00. The Balaban J connectivity index is 2.55. The number of imidazole rings is 1. The van der Waals surface area contributed by atoms with Crippen LogP contribution >= 0.6 is 11.6 Å². The summed E-state index contributed by atoms with van der Waals surface area (Å²) in [7, 11) is 0. The molecule has 0 bridgehead atoms. The van der Waals surface area contributed by atoms with E-state index in [1.807, 2.05) is 19.9 Å². The Morgan fingerprint density at radius 2 is 2.10 bits per heavy atom. The predicted octanol–water partition coefficient (Wildman–Crippen LogP) is 3.96. The van der Waals surface area contributed by atoms with E-state index in [1.54, 1.807) is 12.4 Å². The number of rotatable bonds is 6. The molecule has 2 unspecified atom stereocenters. The fourth-order valence-electron chi connectivity index (χ4n) is 2.40. The maximum Gasteiger partial charge on any atom is 0.128 e. The molecule has 0 aromatic carbocycles. The van der Waals surface area contributed by atoms with Gasteiger partial charge in [-0.3, -0.25) is 4.98 Å². The Morgan fingerprint density at radius 1 is 1.35 bits per heavy atom. The van der Waals surface area contributed by atoms with E-state index in [-0.39, 0.29) is 11.4 Å². The van der Waals surface area contributed by atoms with E-state index in [0.29, 0.717) is 19.1 Å². The zero-order valence-corrected chi connectivity index (χ0v) is 13.3. The van der Waals surface area contributed by atoms with Gasteiger partial charge in [0.25, 0.3) is 0 Å². The van der Waals surface area contributed by atoms with Gasteiger partial charge in [0, 0.05) is 12.8 Å². The van der Waals surface area contributed by atoms with Crippen molar-refractivity contribution in [3.05, 3.63) is 24.3 Å². The van der Waals surface area contributed by atoms with E-state index in [9.17, 15) is 0 Å². The normalized spacial score (nSPS) is 14.9. The number of nitrogens with zero attached hydrogens (tertiary/aromatic N) is 3. The summed E-state index contributed by atoms with van der Waals surface area (Å²) in [6.45, 7) is 9.73. The van der Waals surface area contributed by atoms with Gasteiger partial charge < -0.3 is 9.30 Å². The van der Waals surface area contributed by atoms with Crippen LogP contribution in [-0.4, -0.2) is 27.7 Å². The Bertz CT molecular complexity index is 565. The molecular weight excluding hydrogens is 274 g/mol. The predicted molar refractivity (Wildman–Crippen MR) is 82.2 cm³/mol. The maximum atomic E-state index is 6.32. The van der Waals surface area contributed by atoms with Crippen LogP contribution in [0.1, 0.15) is 44.9 Å². The molecule has 0 radical (unpaired) electrons. The van der Waals surface area contributed by atoms with E-state index in [0.717, 1.165) is 16.9 Å². The van der Waals surface area contributed by atoms with Crippen molar-refractivity contribution in [1.82, 2.24) is 14.5 Å². The monoisotopic (exact) mass is 295 g/mol. The lowest BCUT2D eigenvalue weighted by Gasteiger charge is -2.25. The van der Waals surface area contributed by atoms with Gasteiger partial charge in [-0.15, -0.1) is 11.6 Å². The Morgan fingerprint density at radius 3 is 2.70 bits per heavy atom. The van der Waals surface area contributed by atoms with Crippen molar-refractivity contribution in [3.8, 4) is 0 Å². The van der Waals surface area contributed by atoms with E-state index in [4.69, 9.17) is 16.3 Å². The third-order valence-corrected chi connectivity index (χ3v) is 3.66. The van der Waals surface area contributed by atoms with Crippen LogP contribution in [0.4, 0.5) is 0 Å². The highest BCUT2D eigenvalue weighted by Gasteiger charge is 2.24. The number of alkyl halides is 1. The van der Waals surface area contributed by atoms with Crippen LogP contribution in [0.15, 0.2) is 18.5 Å². The van der Waals surface area contributed by atoms with Gasteiger partial charge in [0.15, 0.2) is 0 Å². The molecule has 0 amide bonds. The van der Waals surface area contributed by atoms with Crippen molar-refractivity contribution in [2.45, 2.75) is 39.1 Å². The molecule has 0 aliphatic heterocycles. The van der Waals surface area contributed by atoms with Gasteiger partial charge in [-0.25, -0.2) is 4.98 Å². The topological polar surface area (TPSA) is 39.9 Å². The van der Waals surface area contributed by atoms with Gasteiger partial charge in [0.05, 0.1) is 29.7 Å². The summed E-state index contributed by atoms with van der Waals surface area (Å²) in [6, 6.07) is 2.21. The summed E-state index contributed by atoms with van der Waals surface area (Å²) >= 11 is 6.32. The zero-order chi connectivity index (χ0) is 14.7. The Labute approximate surface area is 125 Å². The summed E-state index contributed by atoms with van der Waals surface area (Å²) in [5, 5.41) is -0.148. The third kappa shape index (κ3) is 2.96. The van der Waals surface area contributed by atoms with Crippen LogP contribution in [0.5, 0.6) is 0 Å². The number of halogens is 1. The van der Waals surface area contributed by atoms with Crippen LogP contribution < -0.4 is 0 Å². The lowest BCUT2D eigenvalue weighted by Crippen LogP contribution is -2.23. The quantitative estimate of drug-likeness (QED) is 0.757. The molecular formula is C15H22ClN3O. The van der Waals surface area contributed by atoms with Crippen LogP contribution in [0, 0.1) is 5.92 Å². The largest absolute Gasteiger partial charge is 0.380 e. The lowest BCUT2D eigenvalue weighted by molar-refractivity contribution is 0.0968. The molecule has 4 nitrogen and oxygen atoms in total. The zero-order valence-electron chi connectivity index (χ0n) is 12.5. The molecule has 20 heavy (non-hydrogen) atoms. The van der Waals surface area contributed by atoms with Crippen molar-refractivity contribution in [2.75, 3.05) is 13.2 Å². The molecule has 0 spiro atoms. The van der Waals surface area contributed by atoms with Crippen molar-refractivity contribution >= 4 is 22.6 Å². The fourth-order valence-corrected chi connectivity index (χ4v) is 2.56. The summed E-state index contributed by atoms with van der Waals surface area (Å²) in [5.41, 5.74) is 1.96. The van der Waals surface area contributed by atoms with Gasteiger partial charge in [0.1, 0.15) is 11.3 Å². The molecule has 2 aromatic rings. The van der Waals surface area contributed by atoms with E-state index < -0.39 is 0 Å². The molecule has 110 valence electrons. The standard InChI is InChI=1S/C15H22ClN3O/c1-5-20-9-14(10(2)3)19-13-6-7-17-8-12(13)18-15(19)11(4)16/h6-8,10-11,14H,5,9H2,1-4H3. The number of ether oxygens (including phenoxy) is 1. The highest BCUT2D eigenvalue weighted by Crippen LogP contribution is 2.31. The minimum absolute atomic E-state index is 0.148. The van der Waals surface area contributed by atoms with Crippen LogP contribution in [0.25, 0.3) is 11.0 Å². The second kappa shape index (κ2) is 6.55. The summed E-state index contributed by atoms with van der Waals surface area (Å²) in [6.07, 6.45) is 3.58. The minimum atomic E-state index is -0.148. The van der Waals surface area contributed by atoms with Gasteiger partial charge in [-0.1, -0.05) is 13.8 Å². The summed E-state index contributed by atoms with van der Waals surface area (Å²) in [4.78, 5) is 8.78. The second-order valence-electron chi connectivity index (χ2n) is 5.29. The summed E-state index contributed by atoms with van der Waals surface area (Å²) in [5.74, 6) is 1.31. The first-order chi connectivity index (χ1) is 9.56. The SMILES string of the molecule is CCOCC(C(C)C)n1c(C(C)Cl)nc2cnccc21. The van der Waals surface area contributed by atoms with Crippen molar-refractivity contribution in [1.29, 1.82) is 0 Å². The fraction of sp³-hybridized carbons (Fsp3) is 0.600. The number of aromatic nitrogens is 3. The molecule has 2 aromatic heterocycles. The molecule has 0 aliphatic rings. The van der Waals surface area contributed by atoms with E-state index in [1.165, 1.54) is 0 Å². The van der Waals surface area contributed by atoms with Crippen molar-refractivity contribution in [2.24, 2.45) is 5.92 Å². The molecule has 2 atom stereocenters. The molecule has 5 heteroatoms. The first-order valence-corrected chi connectivity index (χ1v) is 7.53. The number of fused-ring (bicyclic) bond motifs is 1. The van der Waals surface area contributed by atoms with Gasteiger partial charge >= 0.3 is 0 Å². The van der Waals surface area contributed by atoms with Crippen LogP contribution in [-0.2, 0) is 4.74 Å². The molecule has 0 saturated heterocycles. The maximum absolute atomic E-state index is 6.32. The van der Waals surface area contributed by atoms with Gasteiger partial charge in [-0.2, -0.15) is 0 Å². The highest BCUT2D eigenvalue weighted by molar-refractivity contribution is 6.20. The second-order valence-corrected chi connectivity index (χ2v) is 5.95. The summed E-state index contributed by atoms with van der Waals surface area (Å²) < 4.78 is 7.87. The molecule has 2 heterocycles. The lowest BCUT2D eigenvalue weighted by atomic mass is 10.0. The number of pyridine rings is 1. The molecule has 0 fully saturated rings. The molecule has 2 rings (SSSR count). The average molecular weight is 296 g/mol. The number of hydrogen-bond donors (Lipinski definition) is 0. The smallest absolute Gasteiger partial charge is 0.128 e. The van der Waals surface area contributed by atoms with Gasteiger partial charge in [-0.05, 0) is 25.8 Å². The average Bonchev–Trinajstić information content (AvgIpc) is 2.79. The van der Waals surface area contributed by atoms with Crippen LogP contribution in [0.2, 0.25) is 0 Å². The van der Waals surface area contributed by atoms with Crippen LogP contribution in [0.3, 0.4) is 0 Å². The van der Waals surface area contributed by atoms with Crippen molar-refractivity contribution < 1.29 is 4.74 Å². The van der Waals surface area contributed by atoms with E-state index >= 15 is 0 Å². The highest BCUT2D eigenvalue weighted by atomic mass is 35.5. The van der Waals surface area contributed by atoms with E-state index in [2.05, 4.69) is 28.4 Å². The minimum Gasteiger partial charge on any atom is -0.380 e. The molecule has 0 saturated carbocycles.